The molecule has 6 nitrogen and oxygen atoms in total. The molecule has 0 saturated carbocycles. The number of alkyl halides is 3. The predicted molar refractivity (Wildman–Crippen MR) is 102 cm³/mol. The molecular weight excluding hydrogens is 387 g/mol. The first-order chi connectivity index (χ1) is 13.5. The van der Waals surface area contributed by atoms with Crippen LogP contribution in [0.15, 0.2) is 24.3 Å². The number of carbonyl (C=O) groups is 3. The summed E-state index contributed by atoms with van der Waals surface area (Å²) in [5, 5.41) is 2.23. The fourth-order valence-corrected chi connectivity index (χ4v) is 3.38. The quantitative estimate of drug-likeness (QED) is 0.807. The lowest BCUT2D eigenvalue weighted by molar-refractivity contribution is -0.143. The smallest absolute Gasteiger partial charge is 0.342 e. The first-order valence-electron chi connectivity index (χ1n) is 9.50. The van der Waals surface area contributed by atoms with Crippen molar-refractivity contribution in [2.75, 3.05) is 32.0 Å². The van der Waals surface area contributed by atoms with E-state index in [-0.39, 0.29) is 30.0 Å². The van der Waals surface area contributed by atoms with E-state index in [0.29, 0.717) is 25.9 Å². The van der Waals surface area contributed by atoms with Gasteiger partial charge in [0.2, 0.25) is 17.7 Å². The van der Waals surface area contributed by atoms with Gasteiger partial charge in [0.15, 0.2) is 0 Å². The number of likely N-dealkylation sites (N-methyl/N-ethyl adjacent to an activating group) is 1. The maximum Gasteiger partial charge on any atom is 0.418 e. The summed E-state index contributed by atoms with van der Waals surface area (Å²) in [6.07, 6.45) is -3.31. The number of likely N-dealkylation sites (tertiary alicyclic amines) is 1. The average molecular weight is 413 g/mol. The zero-order valence-corrected chi connectivity index (χ0v) is 16.8. The van der Waals surface area contributed by atoms with E-state index in [1.165, 1.54) is 30.1 Å². The molecule has 3 amide bonds. The standard InChI is InChI=1S/C20H26F3N3O3/c1-13(2)18(28)26-10-6-7-14(11-26)19(29)25(3)12-17(27)24-16-9-5-4-8-15(16)20(21,22)23/h4-5,8-9,13-14H,6-7,10-12H2,1-3H3,(H,24,27). The second kappa shape index (κ2) is 9.28. The van der Waals surface area contributed by atoms with Crippen molar-refractivity contribution in [3.05, 3.63) is 29.8 Å². The van der Waals surface area contributed by atoms with Crippen LogP contribution >= 0.6 is 0 Å². The summed E-state index contributed by atoms with van der Waals surface area (Å²) in [5.41, 5.74) is -1.30. The van der Waals surface area contributed by atoms with E-state index in [1.807, 2.05) is 0 Å². The van der Waals surface area contributed by atoms with E-state index >= 15 is 0 Å². The third-order valence-electron chi connectivity index (χ3n) is 4.84. The number of nitrogens with one attached hydrogen (secondary N) is 1. The molecule has 1 aromatic rings. The zero-order valence-electron chi connectivity index (χ0n) is 16.8. The van der Waals surface area contributed by atoms with E-state index in [1.54, 1.807) is 18.7 Å². The molecular formula is C20H26F3N3O3. The minimum absolute atomic E-state index is 0.0216. The number of halogens is 3. The molecule has 1 aliphatic heterocycles. The Labute approximate surface area is 168 Å². The molecule has 160 valence electrons. The number of anilines is 1. The third-order valence-corrected chi connectivity index (χ3v) is 4.84. The molecule has 1 heterocycles. The van der Waals surface area contributed by atoms with E-state index in [4.69, 9.17) is 0 Å². The molecule has 1 atom stereocenters. The highest BCUT2D eigenvalue weighted by Crippen LogP contribution is 2.34. The zero-order chi connectivity index (χ0) is 21.8. The largest absolute Gasteiger partial charge is 0.418 e. The first-order valence-corrected chi connectivity index (χ1v) is 9.50. The molecule has 9 heteroatoms. The highest BCUT2D eigenvalue weighted by molar-refractivity contribution is 5.95. The molecule has 1 N–H and O–H groups in total. The van der Waals surface area contributed by atoms with Gasteiger partial charge in [-0.05, 0) is 25.0 Å². The van der Waals surface area contributed by atoms with Crippen molar-refractivity contribution in [3.63, 3.8) is 0 Å². The predicted octanol–water partition coefficient (Wildman–Crippen LogP) is 3.00. The fourth-order valence-electron chi connectivity index (χ4n) is 3.38. The van der Waals surface area contributed by atoms with Crippen molar-refractivity contribution in [2.45, 2.75) is 32.9 Å². The summed E-state index contributed by atoms with van der Waals surface area (Å²) in [6.45, 7) is 4.10. The van der Waals surface area contributed by atoms with Gasteiger partial charge in [-0.1, -0.05) is 26.0 Å². The Balaban J connectivity index is 1.98. The molecule has 0 radical (unpaired) electrons. The molecule has 1 saturated heterocycles. The maximum absolute atomic E-state index is 13.0. The van der Waals surface area contributed by atoms with E-state index in [2.05, 4.69) is 5.32 Å². The molecule has 0 aromatic heterocycles. The number of hydrogen-bond acceptors (Lipinski definition) is 3. The minimum Gasteiger partial charge on any atom is -0.342 e. The van der Waals surface area contributed by atoms with Crippen molar-refractivity contribution in [1.82, 2.24) is 9.80 Å². The van der Waals surface area contributed by atoms with E-state index in [9.17, 15) is 27.6 Å². The van der Waals surface area contributed by atoms with Crippen LogP contribution < -0.4 is 5.32 Å². The summed E-state index contributed by atoms with van der Waals surface area (Å²) in [7, 11) is 1.43. The average Bonchev–Trinajstić information content (AvgIpc) is 2.66. The van der Waals surface area contributed by atoms with Crippen LogP contribution in [0.4, 0.5) is 18.9 Å². The monoisotopic (exact) mass is 413 g/mol. The molecule has 0 bridgehead atoms. The number of nitrogens with zero attached hydrogens (tertiary/aromatic N) is 2. The maximum atomic E-state index is 13.0. The van der Waals surface area contributed by atoms with Gasteiger partial charge in [0.05, 0.1) is 23.7 Å². The summed E-state index contributed by atoms with van der Waals surface area (Å²) in [6, 6.07) is 4.68. The normalized spacial score (nSPS) is 17.2. The van der Waals surface area contributed by atoms with Gasteiger partial charge in [0.25, 0.3) is 0 Å². The number of amides is 3. The number of para-hydroxylation sites is 1. The Morgan fingerprint density at radius 3 is 2.52 bits per heavy atom. The lowest BCUT2D eigenvalue weighted by Gasteiger charge is -2.34. The van der Waals surface area contributed by atoms with Crippen LogP contribution in [-0.2, 0) is 20.6 Å². The van der Waals surface area contributed by atoms with Crippen molar-refractivity contribution >= 4 is 23.4 Å². The molecule has 2 rings (SSSR count). The van der Waals surface area contributed by atoms with Gasteiger partial charge in [-0.2, -0.15) is 13.2 Å². The minimum atomic E-state index is -4.60. The van der Waals surface area contributed by atoms with Gasteiger partial charge < -0.3 is 15.1 Å². The van der Waals surface area contributed by atoms with Crippen LogP contribution in [0.2, 0.25) is 0 Å². The van der Waals surface area contributed by atoms with Gasteiger partial charge >= 0.3 is 6.18 Å². The number of rotatable bonds is 5. The second-order valence-electron chi connectivity index (χ2n) is 7.56. The molecule has 1 unspecified atom stereocenters. The van der Waals surface area contributed by atoms with Gasteiger partial charge in [0.1, 0.15) is 0 Å². The molecule has 0 aliphatic carbocycles. The Morgan fingerprint density at radius 1 is 1.24 bits per heavy atom. The topological polar surface area (TPSA) is 69.7 Å². The summed E-state index contributed by atoms with van der Waals surface area (Å²) >= 11 is 0. The Kier molecular flexibility index (Phi) is 7.26. The van der Waals surface area contributed by atoms with Crippen molar-refractivity contribution in [3.8, 4) is 0 Å². The summed E-state index contributed by atoms with van der Waals surface area (Å²) < 4.78 is 39.1. The Morgan fingerprint density at radius 2 is 1.90 bits per heavy atom. The van der Waals surface area contributed by atoms with Gasteiger partial charge in [-0.25, -0.2) is 0 Å². The lowest BCUT2D eigenvalue weighted by Crippen LogP contribution is -2.48. The van der Waals surface area contributed by atoms with E-state index < -0.39 is 23.6 Å². The number of benzene rings is 1. The number of piperidine rings is 1. The van der Waals surface area contributed by atoms with Crippen molar-refractivity contribution in [1.29, 1.82) is 0 Å². The Bertz CT molecular complexity index is 765. The molecule has 0 spiro atoms. The van der Waals surface area contributed by atoms with Crippen LogP contribution in [-0.4, -0.2) is 54.2 Å². The van der Waals surface area contributed by atoms with E-state index in [0.717, 1.165) is 6.07 Å². The summed E-state index contributed by atoms with van der Waals surface area (Å²) in [5.74, 6) is -1.63. The van der Waals surface area contributed by atoms with Crippen LogP contribution in [0.5, 0.6) is 0 Å². The van der Waals surface area contributed by atoms with Crippen LogP contribution in [0.25, 0.3) is 0 Å². The Hall–Kier alpha value is -2.58. The first kappa shape index (κ1) is 22.7. The second-order valence-corrected chi connectivity index (χ2v) is 7.56. The van der Waals surface area contributed by atoms with Crippen molar-refractivity contribution < 1.29 is 27.6 Å². The highest BCUT2D eigenvalue weighted by Gasteiger charge is 2.34. The molecule has 29 heavy (non-hydrogen) atoms. The van der Waals surface area contributed by atoms with Crippen LogP contribution in [0.1, 0.15) is 32.3 Å². The number of carbonyl (C=O) groups excluding carboxylic acids is 3. The van der Waals surface area contributed by atoms with Gasteiger partial charge in [-0.15, -0.1) is 0 Å². The van der Waals surface area contributed by atoms with Crippen molar-refractivity contribution in [2.24, 2.45) is 11.8 Å². The van der Waals surface area contributed by atoms with Crippen LogP contribution in [0, 0.1) is 11.8 Å². The van der Waals surface area contributed by atoms with Crippen LogP contribution in [0.3, 0.4) is 0 Å². The highest BCUT2D eigenvalue weighted by atomic mass is 19.4. The number of hydrogen-bond donors (Lipinski definition) is 1. The SMILES string of the molecule is CC(C)C(=O)N1CCCC(C(=O)N(C)CC(=O)Nc2ccccc2C(F)(F)F)C1. The molecule has 1 aromatic carbocycles. The third kappa shape index (κ3) is 5.95. The molecule has 1 aliphatic rings. The molecule has 1 fully saturated rings. The summed E-state index contributed by atoms with van der Waals surface area (Å²) in [4.78, 5) is 39.9. The van der Waals surface area contributed by atoms with Gasteiger partial charge in [-0.3, -0.25) is 14.4 Å². The lowest BCUT2D eigenvalue weighted by atomic mass is 9.95. The van der Waals surface area contributed by atoms with Gasteiger partial charge in [0, 0.05) is 26.1 Å². The fraction of sp³-hybridized carbons (Fsp3) is 0.550.